The molecule has 32 heavy (non-hydrogen) atoms. The van der Waals surface area contributed by atoms with Crippen LogP contribution in [0.1, 0.15) is 34.0 Å². The molecule has 3 aromatic rings. The molecule has 0 aliphatic carbocycles. The zero-order valence-electron chi connectivity index (χ0n) is 17.6. The third kappa shape index (κ3) is 3.97. The molecule has 0 amide bonds. The largest absolute Gasteiger partial charge is 0.494 e. The molecular formula is C26H22ClNO4. The summed E-state index contributed by atoms with van der Waals surface area (Å²) in [5, 5.41) is 0.726. The summed E-state index contributed by atoms with van der Waals surface area (Å²) in [6, 6.07) is 19.0. The van der Waals surface area contributed by atoms with Gasteiger partial charge >= 0.3 is 0 Å². The molecule has 0 aromatic heterocycles. The van der Waals surface area contributed by atoms with E-state index < -0.39 is 0 Å². The van der Waals surface area contributed by atoms with Crippen LogP contribution in [0.4, 0.5) is 0 Å². The molecule has 0 spiro atoms. The molecule has 0 saturated carbocycles. The normalized spacial score (nSPS) is 16.3. The fraction of sp³-hybridized carbons (Fsp3) is 0.192. The Labute approximate surface area is 191 Å². The van der Waals surface area contributed by atoms with E-state index in [2.05, 4.69) is 4.90 Å². The highest BCUT2D eigenvalue weighted by Crippen LogP contribution is 2.42. The number of Topliss-reactive ketones (excluding diaryl/α,β-unsaturated/α-hetero) is 1. The molecule has 0 fully saturated rings. The Morgan fingerprint density at radius 1 is 1.09 bits per heavy atom. The molecule has 3 aromatic carbocycles. The van der Waals surface area contributed by atoms with Gasteiger partial charge in [0.05, 0.1) is 17.7 Å². The van der Waals surface area contributed by atoms with E-state index >= 15 is 0 Å². The lowest BCUT2D eigenvalue weighted by molar-refractivity contribution is 0.0873. The number of rotatable bonds is 5. The lowest BCUT2D eigenvalue weighted by atomic mass is 10.0. The van der Waals surface area contributed by atoms with Crippen molar-refractivity contribution in [3.63, 3.8) is 0 Å². The van der Waals surface area contributed by atoms with Crippen LogP contribution in [0.15, 0.2) is 66.4 Å². The van der Waals surface area contributed by atoms with Crippen molar-refractivity contribution in [1.29, 1.82) is 0 Å². The molecule has 5 rings (SSSR count). The summed E-state index contributed by atoms with van der Waals surface area (Å²) >= 11 is 6.33. The van der Waals surface area contributed by atoms with Gasteiger partial charge in [0, 0.05) is 18.1 Å². The van der Waals surface area contributed by atoms with Gasteiger partial charge in [-0.1, -0.05) is 41.9 Å². The molecule has 0 unspecified atom stereocenters. The second kappa shape index (κ2) is 8.69. The zero-order valence-corrected chi connectivity index (χ0v) is 18.4. The van der Waals surface area contributed by atoms with Crippen LogP contribution >= 0.6 is 11.6 Å². The van der Waals surface area contributed by atoms with Gasteiger partial charge < -0.3 is 14.2 Å². The molecule has 0 atom stereocenters. The molecule has 2 aliphatic rings. The van der Waals surface area contributed by atoms with Crippen LogP contribution in [-0.4, -0.2) is 24.0 Å². The smallest absolute Gasteiger partial charge is 0.231 e. The van der Waals surface area contributed by atoms with Crippen molar-refractivity contribution in [2.45, 2.75) is 20.0 Å². The van der Waals surface area contributed by atoms with Crippen LogP contribution in [0.3, 0.4) is 0 Å². The number of allylic oxidation sites excluding steroid dienone is 1. The third-order valence-electron chi connectivity index (χ3n) is 5.52. The average molecular weight is 448 g/mol. The van der Waals surface area contributed by atoms with Gasteiger partial charge in [0.15, 0.2) is 5.76 Å². The van der Waals surface area contributed by atoms with Crippen LogP contribution < -0.4 is 14.2 Å². The minimum Gasteiger partial charge on any atom is -0.494 e. The standard InChI is InChI=1S/C26H22ClNO4/c1-2-30-19-9-7-17(8-10-19)13-24-25(29)20-11-12-23-21(26(20)32-24)15-28(16-31-23)14-18-5-3-4-6-22(18)27/h3-13H,2,14-16H2,1H3/b24-13-. The third-order valence-corrected chi connectivity index (χ3v) is 5.89. The predicted octanol–water partition coefficient (Wildman–Crippen LogP) is 5.71. The van der Waals surface area contributed by atoms with E-state index in [1.807, 2.05) is 61.5 Å². The number of carbonyl (C=O) groups is 1. The van der Waals surface area contributed by atoms with Crippen molar-refractivity contribution in [3.05, 3.63) is 93.7 Å². The number of ether oxygens (including phenoxy) is 3. The minimum atomic E-state index is -0.125. The second-order valence-electron chi connectivity index (χ2n) is 7.71. The van der Waals surface area contributed by atoms with Crippen LogP contribution in [0, 0.1) is 0 Å². The molecule has 6 heteroatoms. The summed E-state index contributed by atoms with van der Waals surface area (Å²) in [7, 11) is 0. The molecule has 0 saturated heterocycles. The van der Waals surface area contributed by atoms with Crippen molar-refractivity contribution >= 4 is 23.5 Å². The van der Waals surface area contributed by atoms with E-state index in [0.29, 0.717) is 43.5 Å². The molecule has 2 heterocycles. The number of nitrogens with zero attached hydrogens (tertiary/aromatic N) is 1. The quantitative estimate of drug-likeness (QED) is 0.469. The van der Waals surface area contributed by atoms with Crippen LogP contribution in [0.5, 0.6) is 17.2 Å². The molecule has 0 radical (unpaired) electrons. The summed E-state index contributed by atoms with van der Waals surface area (Å²) in [5.74, 6) is 2.30. The van der Waals surface area contributed by atoms with E-state index in [4.69, 9.17) is 25.8 Å². The molecule has 0 N–H and O–H groups in total. The maximum absolute atomic E-state index is 13.0. The van der Waals surface area contributed by atoms with Crippen LogP contribution in [0.2, 0.25) is 5.02 Å². The van der Waals surface area contributed by atoms with Gasteiger partial charge in [-0.2, -0.15) is 0 Å². The lowest BCUT2D eigenvalue weighted by Gasteiger charge is -2.30. The van der Waals surface area contributed by atoms with Crippen molar-refractivity contribution in [2.24, 2.45) is 0 Å². The van der Waals surface area contributed by atoms with Gasteiger partial charge in [0.25, 0.3) is 0 Å². The Bertz CT molecular complexity index is 1200. The number of hydrogen-bond acceptors (Lipinski definition) is 5. The van der Waals surface area contributed by atoms with E-state index in [1.54, 1.807) is 12.1 Å². The fourth-order valence-corrected chi connectivity index (χ4v) is 4.15. The lowest BCUT2D eigenvalue weighted by Crippen LogP contribution is -2.31. The van der Waals surface area contributed by atoms with Crippen molar-refractivity contribution in [2.75, 3.05) is 13.3 Å². The van der Waals surface area contributed by atoms with Gasteiger partial charge in [-0.25, -0.2) is 0 Å². The summed E-state index contributed by atoms with van der Waals surface area (Å²) in [6.45, 7) is 4.24. The predicted molar refractivity (Wildman–Crippen MR) is 123 cm³/mol. The highest BCUT2D eigenvalue weighted by Gasteiger charge is 2.33. The topological polar surface area (TPSA) is 48.0 Å². The fourth-order valence-electron chi connectivity index (χ4n) is 3.95. The molecular weight excluding hydrogens is 426 g/mol. The number of benzene rings is 3. The Morgan fingerprint density at radius 2 is 1.91 bits per heavy atom. The molecule has 5 nitrogen and oxygen atoms in total. The first-order valence-corrected chi connectivity index (χ1v) is 10.9. The van der Waals surface area contributed by atoms with Crippen LogP contribution in [-0.2, 0) is 13.1 Å². The first-order chi connectivity index (χ1) is 15.6. The van der Waals surface area contributed by atoms with Gasteiger partial charge in [-0.15, -0.1) is 0 Å². The number of halogens is 1. The van der Waals surface area contributed by atoms with E-state index in [-0.39, 0.29) is 5.78 Å². The first-order valence-electron chi connectivity index (χ1n) is 10.5. The van der Waals surface area contributed by atoms with Crippen molar-refractivity contribution in [3.8, 4) is 17.2 Å². The summed E-state index contributed by atoms with van der Waals surface area (Å²) in [5.41, 5.74) is 3.34. The highest BCUT2D eigenvalue weighted by molar-refractivity contribution is 6.31. The Morgan fingerprint density at radius 3 is 2.69 bits per heavy atom. The number of hydrogen-bond donors (Lipinski definition) is 0. The SMILES string of the molecule is CCOc1ccc(/C=C2\Oc3c(ccc4c3CN(Cc3ccccc3Cl)CO4)C2=O)cc1. The minimum absolute atomic E-state index is 0.125. The highest BCUT2D eigenvalue weighted by atomic mass is 35.5. The zero-order chi connectivity index (χ0) is 22.1. The second-order valence-corrected chi connectivity index (χ2v) is 8.12. The van der Waals surface area contributed by atoms with Crippen molar-refractivity contribution in [1.82, 2.24) is 4.90 Å². The summed E-state index contributed by atoms with van der Waals surface area (Å²) in [6.07, 6.45) is 1.76. The van der Waals surface area contributed by atoms with Crippen LogP contribution in [0.25, 0.3) is 6.08 Å². The average Bonchev–Trinajstić information content (AvgIpc) is 3.12. The molecule has 0 bridgehead atoms. The van der Waals surface area contributed by atoms with Gasteiger partial charge in [-0.3, -0.25) is 9.69 Å². The van der Waals surface area contributed by atoms with E-state index in [0.717, 1.165) is 33.2 Å². The van der Waals surface area contributed by atoms with E-state index in [1.165, 1.54) is 0 Å². The summed E-state index contributed by atoms with van der Waals surface area (Å²) in [4.78, 5) is 15.1. The number of carbonyl (C=O) groups excluding carboxylic acids is 1. The molecule has 162 valence electrons. The Hall–Kier alpha value is -3.28. The number of ketones is 1. The Balaban J connectivity index is 1.39. The van der Waals surface area contributed by atoms with Crippen molar-refractivity contribution < 1.29 is 19.0 Å². The monoisotopic (exact) mass is 447 g/mol. The molecule has 2 aliphatic heterocycles. The van der Waals surface area contributed by atoms with Gasteiger partial charge in [-0.05, 0) is 54.5 Å². The van der Waals surface area contributed by atoms with Gasteiger partial charge in [0.2, 0.25) is 5.78 Å². The maximum atomic E-state index is 13.0. The summed E-state index contributed by atoms with van der Waals surface area (Å²) < 4.78 is 17.5. The van der Waals surface area contributed by atoms with E-state index in [9.17, 15) is 4.79 Å². The maximum Gasteiger partial charge on any atom is 0.231 e. The number of fused-ring (bicyclic) bond motifs is 3. The van der Waals surface area contributed by atoms with Gasteiger partial charge in [0.1, 0.15) is 24.0 Å². The first kappa shape index (κ1) is 20.6. The Kier molecular flexibility index (Phi) is 5.60.